The minimum atomic E-state index is -0.0644. The molecule has 1 aromatic heterocycles. The Morgan fingerprint density at radius 2 is 2.22 bits per heavy atom. The number of aromatic nitrogens is 1. The second kappa shape index (κ2) is 5.42. The smallest absolute Gasteiger partial charge is 0.253 e. The van der Waals surface area contributed by atoms with E-state index >= 15 is 0 Å². The summed E-state index contributed by atoms with van der Waals surface area (Å²) >= 11 is 5.90. The summed E-state index contributed by atoms with van der Waals surface area (Å²) in [4.78, 5) is 17.1. The van der Waals surface area contributed by atoms with Gasteiger partial charge in [-0.05, 0) is 26.2 Å². The topological polar surface area (TPSA) is 48.1 Å². The van der Waals surface area contributed by atoms with Crippen molar-refractivity contribution in [2.24, 2.45) is 0 Å². The first kappa shape index (κ1) is 12.9. The van der Waals surface area contributed by atoms with Crippen molar-refractivity contribution >= 4 is 28.4 Å². The van der Waals surface area contributed by atoms with Crippen LogP contribution in [0.1, 0.15) is 10.4 Å². The fraction of sp³-hybridized carbons (Fsp3) is 0.308. The van der Waals surface area contributed by atoms with Crippen molar-refractivity contribution < 1.29 is 4.79 Å². The lowest BCUT2D eigenvalue weighted by Crippen LogP contribution is -2.31. The van der Waals surface area contributed by atoms with E-state index in [4.69, 9.17) is 11.6 Å². The van der Waals surface area contributed by atoms with Gasteiger partial charge in [-0.1, -0.05) is 17.7 Å². The van der Waals surface area contributed by atoms with Gasteiger partial charge in [0.15, 0.2) is 0 Å². The lowest BCUT2D eigenvalue weighted by molar-refractivity contribution is 0.0952. The lowest BCUT2D eigenvalue weighted by Gasteiger charge is -2.09. The van der Waals surface area contributed by atoms with Gasteiger partial charge in [0.2, 0.25) is 0 Å². The number of aromatic amines is 1. The molecule has 5 heteroatoms. The molecular formula is C13H16ClN3O. The molecule has 0 aliphatic rings. The average Bonchev–Trinajstić information content (AvgIpc) is 2.71. The predicted molar refractivity (Wildman–Crippen MR) is 74.2 cm³/mol. The Kier molecular flexibility index (Phi) is 3.89. The molecule has 0 radical (unpaired) electrons. The van der Waals surface area contributed by atoms with E-state index in [2.05, 4.69) is 10.3 Å². The maximum absolute atomic E-state index is 12.0. The van der Waals surface area contributed by atoms with Crippen LogP contribution in [0.4, 0.5) is 0 Å². The molecule has 18 heavy (non-hydrogen) atoms. The molecule has 4 nitrogen and oxygen atoms in total. The van der Waals surface area contributed by atoms with E-state index in [0.29, 0.717) is 17.1 Å². The zero-order valence-corrected chi connectivity index (χ0v) is 11.2. The quantitative estimate of drug-likeness (QED) is 0.890. The van der Waals surface area contributed by atoms with Gasteiger partial charge in [-0.3, -0.25) is 4.79 Å². The zero-order valence-electron chi connectivity index (χ0n) is 10.5. The second-order valence-corrected chi connectivity index (χ2v) is 4.89. The molecule has 2 N–H and O–H groups in total. The summed E-state index contributed by atoms with van der Waals surface area (Å²) < 4.78 is 0. The molecule has 0 saturated heterocycles. The highest BCUT2D eigenvalue weighted by Crippen LogP contribution is 2.21. The summed E-state index contributed by atoms with van der Waals surface area (Å²) in [6, 6.07) is 5.46. The third-order valence-corrected chi connectivity index (χ3v) is 2.97. The Morgan fingerprint density at radius 3 is 2.94 bits per heavy atom. The number of halogens is 1. The average molecular weight is 266 g/mol. The number of benzene rings is 1. The molecule has 0 fully saturated rings. The first-order valence-corrected chi connectivity index (χ1v) is 6.15. The van der Waals surface area contributed by atoms with E-state index in [1.165, 1.54) is 0 Å². The molecule has 2 aromatic rings. The lowest BCUT2D eigenvalue weighted by atomic mass is 10.1. The van der Waals surface area contributed by atoms with Gasteiger partial charge >= 0.3 is 0 Å². The third-order valence-electron chi connectivity index (χ3n) is 2.73. The van der Waals surface area contributed by atoms with Gasteiger partial charge in [0, 0.05) is 35.2 Å². The number of H-pyrrole nitrogens is 1. The second-order valence-electron chi connectivity index (χ2n) is 4.45. The number of amides is 1. The summed E-state index contributed by atoms with van der Waals surface area (Å²) in [5.41, 5.74) is 1.53. The monoisotopic (exact) mass is 265 g/mol. The van der Waals surface area contributed by atoms with Crippen LogP contribution < -0.4 is 5.32 Å². The normalized spacial score (nSPS) is 11.1. The van der Waals surface area contributed by atoms with Crippen LogP contribution in [0.5, 0.6) is 0 Å². The van der Waals surface area contributed by atoms with Crippen LogP contribution in [0.15, 0.2) is 24.4 Å². The van der Waals surface area contributed by atoms with Crippen LogP contribution in [0, 0.1) is 0 Å². The fourth-order valence-electron chi connectivity index (χ4n) is 1.77. The van der Waals surface area contributed by atoms with Crippen LogP contribution in [0.25, 0.3) is 10.9 Å². The standard InChI is InChI=1S/C13H16ClN3O/c1-17(2)6-5-15-13(18)11-8-16-12-7-9(14)3-4-10(11)12/h3-4,7-8,16H,5-6H2,1-2H3,(H,15,18). The molecule has 0 unspecified atom stereocenters. The molecule has 0 spiro atoms. The number of hydrogen-bond donors (Lipinski definition) is 2. The molecule has 0 saturated carbocycles. The van der Waals surface area contributed by atoms with Crippen molar-refractivity contribution in [3.05, 3.63) is 35.0 Å². The zero-order chi connectivity index (χ0) is 13.1. The van der Waals surface area contributed by atoms with E-state index in [9.17, 15) is 4.79 Å². The van der Waals surface area contributed by atoms with E-state index < -0.39 is 0 Å². The van der Waals surface area contributed by atoms with Crippen LogP contribution >= 0.6 is 11.6 Å². The minimum absolute atomic E-state index is 0.0644. The number of rotatable bonds is 4. The van der Waals surface area contributed by atoms with E-state index in [0.717, 1.165) is 17.4 Å². The largest absolute Gasteiger partial charge is 0.360 e. The van der Waals surface area contributed by atoms with E-state index in [1.807, 2.05) is 31.1 Å². The Balaban J connectivity index is 2.13. The Bertz CT molecular complexity index is 562. The number of hydrogen-bond acceptors (Lipinski definition) is 2. The van der Waals surface area contributed by atoms with Gasteiger partial charge in [-0.15, -0.1) is 0 Å². The molecule has 1 amide bonds. The van der Waals surface area contributed by atoms with Gasteiger partial charge < -0.3 is 15.2 Å². The molecule has 0 aliphatic heterocycles. The maximum Gasteiger partial charge on any atom is 0.253 e. The summed E-state index contributed by atoms with van der Waals surface area (Å²) in [5.74, 6) is -0.0644. The van der Waals surface area contributed by atoms with Gasteiger partial charge in [0.1, 0.15) is 0 Å². The van der Waals surface area contributed by atoms with Crippen molar-refractivity contribution in [3.63, 3.8) is 0 Å². The number of likely N-dealkylation sites (N-methyl/N-ethyl adjacent to an activating group) is 1. The maximum atomic E-state index is 12.0. The number of nitrogens with one attached hydrogen (secondary N) is 2. The molecule has 0 bridgehead atoms. The SMILES string of the molecule is CN(C)CCNC(=O)c1c[nH]c2cc(Cl)ccc12. The van der Waals surface area contributed by atoms with Crippen molar-refractivity contribution in [1.82, 2.24) is 15.2 Å². The highest BCUT2D eigenvalue weighted by Gasteiger charge is 2.11. The summed E-state index contributed by atoms with van der Waals surface area (Å²) in [5, 5.41) is 4.44. The van der Waals surface area contributed by atoms with Gasteiger partial charge in [-0.2, -0.15) is 0 Å². The third kappa shape index (κ3) is 2.83. The predicted octanol–water partition coefficient (Wildman–Crippen LogP) is 2.11. The molecule has 96 valence electrons. The highest BCUT2D eigenvalue weighted by molar-refractivity contribution is 6.31. The molecule has 1 aromatic carbocycles. The summed E-state index contributed by atoms with van der Waals surface area (Å²) in [6.07, 6.45) is 1.71. The van der Waals surface area contributed by atoms with Crippen LogP contribution in [-0.4, -0.2) is 43.0 Å². The first-order chi connectivity index (χ1) is 8.58. The Labute approximate surface area is 111 Å². The minimum Gasteiger partial charge on any atom is -0.360 e. The van der Waals surface area contributed by atoms with Crippen molar-refractivity contribution in [2.45, 2.75) is 0 Å². The Morgan fingerprint density at radius 1 is 1.44 bits per heavy atom. The van der Waals surface area contributed by atoms with Crippen LogP contribution in [0.3, 0.4) is 0 Å². The Hall–Kier alpha value is -1.52. The van der Waals surface area contributed by atoms with E-state index in [1.54, 1.807) is 12.3 Å². The molecule has 1 heterocycles. The molecule has 2 rings (SSSR count). The summed E-state index contributed by atoms with van der Waals surface area (Å²) in [6.45, 7) is 1.45. The number of nitrogens with zero attached hydrogens (tertiary/aromatic N) is 1. The highest BCUT2D eigenvalue weighted by atomic mass is 35.5. The first-order valence-electron chi connectivity index (χ1n) is 5.77. The van der Waals surface area contributed by atoms with Crippen molar-refractivity contribution in [3.8, 4) is 0 Å². The van der Waals surface area contributed by atoms with Crippen LogP contribution in [0.2, 0.25) is 5.02 Å². The van der Waals surface area contributed by atoms with Gasteiger partial charge in [-0.25, -0.2) is 0 Å². The van der Waals surface area contributed by atoms with Gasteiger partial charge in [0.05, 0.1) is 5.56 Å². The molecule has 0 atom stereocenters. The number of fused-ring (bicyclic) bond motifs is 1. The summed E-state index contributed by atoms with van der Waals surface area (Å²) in [7, 11) is 3.94. The van der Waals surface area contributed by atoms with Gasteiger partial charge in [0.25, 0.3) is 5.91 Å². The van der Waals surface area contributed by atoms with E-state index in [-0.39, 0.29) is 5.91 Å². The van der Waals surface area contributed by atoms with Crippen LogP contribution in [-0.2, 0) is 0 Å². The van der Waals surface area contributed by atoms with Crippen molar-refractivity contribution in [1.29, 1.82) is 0 Å². The van der Waals surface area contributed by atoms with Crippen molar-refractivity contribution in [2.75, 3.05) is 27.2 Å². The number of carbonyl (C=O) groups excluding carboxylic acids is 1. The molecular weight excluding hydrogens is 250 g/mol. The number of carbonyl (C=O) groups is 1. The molecule has 0 aliphatic carbocycles. The fourth-order valence-corrected chi connectivity index (χ4v) is 1.95.